The Morgan fingerprint density at radius 2 is 1.62 bits per heavy atom. The number of nitrogens with zero attached hydrogens (tertiary/aromatic N) is 5. The van der Waals surface area contributed by atoms with E-state index in [2.05, 4.69) is 17.0 Å². The largest absolute Gasteiger partial charge is 0.497 e. The van der Waals surface area contributed by atoms with Crippen LogP contribution in [-0.2, 0) is 0 Å². The number of aromatic nitrogens is 5. The minimum atomic E-state index is -0.217. The van der Waals surface area contributed by atoms with Crippen LogP contribution in [0.1, 0.15) is 25.3 Å². The van der Waals surface area contributed by atoms with Crippen LogP contribution in [0.5, 0.6) is 11.5 Å². The van der Waals surface area contributed by atoms with E-state index in [9.17, 15) is 4.79 Å². The Hall–Kier alpha value is -4.76. The molecule has 0 saturated carbocycles. The van der Waals surface area contributed by atoms with Crippen LogP contribution in [-0.4, -0.2) is 38.1 Å². The topological polar surface area (TPSA) is 83.5 Å². The van der Waals surface area contributed by atoms with Gasteiger partial charge < -0.3 is 9.47 Å². The second-order valence-corrected chi connectivity index (χ2v) is 10.2. The average molecular weight is 550 g/mol. The van der Waals surface area contributed by atoms with Gasteiger partial charge in [-0.15, -0.1) is 5.10 Å². The zero-order valence-corrected chi connectivity index (χ0v) is 23.0. The molecule has 0 aliphatic heterocycles. The second-order valence-electron chi connectivity index (χ2n) is 9.21. The van der Waals surface area contributed by atoms with E-state index in [0.717, 1.165) is 52.4 Å². The Labute approximate surface area is 234 Å². The number of hydrogen-bond donors (Lipinski definition) is 0. The predicted molar refractivity (Wildman–Crippen MR) is 157 cm³/mol. The lowest BCUT2D eigenvalue weighted by Crippen LogP contribution is -2.23. The van der Waals surface area contributed by atoms with Gasteiger partial charge in [0.15, 0.2) is 5.82 Å². The highest BCUT2D eigenvalue weighted by Crippen LogP contribution is 2.27. The van der Waals surface area contributed by atoms with Gasteiger partial charge in [-0.2, -0.15) is 14.6 Å². The van der Waals surface area contributed by atoms with Gasteiger partial charge in [0.05, 0.1) is 23.9 Å². The Morgan fingerprint density at radius 1 is 0.900 bits per heavy atom. The first-order valence-electron chi connectivity index (χ1n) is 13.1. The molecule has 0 aliphatic carbocycles. The van der Waals surface area contributed by atoms with Crippen molar-refractivity contribution in [2.24, 2.45) is 0 Å². The van der Waals surface area contributed by atoms with Crippen LogP contribution < -0.4 is 19.6 Å². The summed E-state index contributed by atoms with van der Waals surface area (Å²) in [6.45, 7) is 2.83. The number of methoxy groups -OCH3 is 1. The van der Waals surface area contributed by atoms with Crippen molar-refractivity contribution in [1.82, 2.24) is 24.4 Å². The molecule has 0 spiro atoms. The summed E-state index contributed by atoms with van der Waals surface area (Å²) in [6, 6.07) is 25.3. The number of unbranched alkanes of at least 4 members (excludes halogenated alkanes) is 1. The number of ether oxygens (including phenoxy) is 2. The minimum absolute atomic E-state index is 0.217. The van der Waals surface area contributed by atoms with E-state index in [1.165, 1.54) is 15.9 Å². The summed E-state index contributed by atoms with van der Waals surface area (Å²) in [4.78, 5) is 18.5. The molecule has 3 heterocycles. The average Bonchev–Trinajstić information content (AvgIpc) is 3.69. The minimum Gasteiger partial charge on any atom is -0.497 e. The molecule has 0 N–H and O–H groups in total. The second kappa shape index (κ2) is 11.2. The van der Waals surface area contributed by atoms with Crippen LogP contribution in [0, 0.1) is 0 Å². The maximum Gasteiger partial charge on any atom is 0.291 e. The van der Waals surface area contributed by atoms with Crippen LogP contribution in [0.15, 0.2) is 89.9 Å². The highest BCUT2D eigenvalue weighted by molar-refractivity contribution is 7.15. The summed E-state index contributed by atoms with van der Waals surface area (Å²) < 4.78 is 14.8. The molecule has 0 atom stereocenters. The normalized spacial score (nSPS) is 11.8. The van der Waals surface area contributed by atoms with Crippen molar-refractivity contribution in [2.45, 2.75) is 19.8 Å². The van der Waals surface area contributed by atoms with Gasteiger partial charge in [-0.1, -0.05) is 42.9 Å². The van der Waals surface area contributed by atoms with E-state index in [0.29, 0.717) is 21.9 Å². The number of benzene rings is 3. The molecule has 0 radical (unpaired) electrons. The lowest BCUT2D eigenvalue weighted by Gasteiger charge is -2.06. The number of fused-ring (bicyclic) bond motifs is 1. The summed E-state index contributed by atoms with van der Waals surface area (Å²) in [5, 5.41) is 9.37. The van der Waals surface area contributed by atoms with Crippen molar-refractivity contribution in [2.75, 3.05) is 13.7 Å². The molecule has 0 unspecified atom stereocenters. The molecule has 0 amide bonds. The molecule has 0 saturated heterocycles. The third kappa shape index (κ3) is 5.11. The lowest BCUT2D eigenvalue weighted by atomic mass is 10.1. The predicted octanol–water partition coefficient (Wildman–Crippen LogP) is 5.41. The Morgan fingerprint density at radius 3 is 2.33 bits per heavy atom. The Balaban J connectivity index is 1.39. The van der Waals surface area contributed by atoms with Gasteiger partial charge in [-0.25, -0.2) is 4.68 Å². The van der Waals surface area contributed by atoms with E-state index in [4.69, 9.17) is 14.6 Å². The number of thiazole rings is 1. The summed E-state index contributed by atoms with van der Waals surface area (Å²) in [7, 11) is 1.62. The maximum atomic E-state index is 13.3. The van der Waals surface area contributed by atoms with Crippen LogP contribution in [0.3, 0.4) is 0 Å². The van der Waals surface area contributed by atoms with E-state index in [1.807, 2.05) is 95.8 Å². The van der Waals surface area contributed by atoms with Crippen molar-refractivity contribution in [3.8, 4) is 39.8 Å². The van der Waals surface area contributed by atoms with Crippen LogP contribution in [0.25, 0.3) is 39.4 Å². The molecule has 3 aromatic carbocycles. The lowest BCUT2D eigenvalue weighted by molar-refractivity contribution is 0.309. The van der Waals surface area contributed by atoms with Crippen molar-refractivity contribution in [3.05, 3.63) is 106 Å². The first-order valence-corrected chi connectivity index (χ1v) is 13.9. The first-order chi connectivity index (χ1) is 19.6. The van der Waals surface area contributed by atoms with Crippen molar-refractivity contribution in [3.63, 3.8) is 0 Å². The Kier molecular flexibility index (Phi) is 7.11. The summed E-state index contributed by atoms with van der Waals surface area (Å²) in [6.07, 6.45) is 5.90. The summed E-state index contributed by atoms with van der Waals surface area (Å²) in [5.41, 5.74) is 4.04. The molecular weight excluding hydrogens is 522 g/mol. The zero-order valence-electron chi connectivity index (χ0n) is 22.2. The van der Waals surface area contributed by atoms with E-state index >= 15 is 0 Å². The first kappa shape index (κ1) is 25.5. The SMILES string of the molecule is CCCCOc1ccc(-c2nn(-c3ccccc3)cc2C=c2sc3nc(-c4ccc(OC)cc4)nn3c2=O)cc1. The van der Waals surface area contributed by atoms with Gasteiger partial charge in [0.2, 0.25) is 4.96 Å². The number of rotatable bonds is 9. The summed E-state index contributed by atoms with van der Waals surface area (Å²) in [5.74, 6) is 2.07. The third-order valence-electron chi connectivity index (χ3n) is 6.47. The molecule has 0 bridgehead atoms. The smallest absolute Gasteiger partial charge is 0.291 e. The molecule has 0 fully saturated rings. The third-order valence-corrected chi connectivity index (χ3v) is 7.43. The molecule has 6 aromatic rings. The Bertz CT molecular complexity index is 1860. The van der Waals surface area contributed by atoms with Gasteiger partial charge in [-0.3, -0.25) is 4.79 Å². The standard InChI is InChI=1S/C31H27N5O3S/c1-3-4-18-39-26-16-10-21(11-17-26)28-23(20-35(33-28)24-8-6-5-7-9-24)19-27-30(37)36-31(40-27)32-29(34-36)22-12-14-25(38-2)15-13-22/h5-17,19-20H,3-4,18H2,1-2H3. The molecule has 40 heavy (non-hydrogen) atoms. The fourth-order valence-corrected chi connectivity index (χ4v) is 5.21. The van der Waals surface area contributed by atoms with Crippen molar-refractivity contribution >= 4 is 22.4 Å². The molecule has 200 valence electrons. The monoisotopic (exact) mass is 549 g/mol. The van der Waals surface area contributed by atoms with Crippen molar-refractivity contribution in [1.29, 1.82) is 0 Å². The van der Waals surface area contributed by atoms with Crippen LogP contribution in [0.2, 0.25) is 0 Å². The quantitative estimate of drug-likeness (QED) is 0.225. The maximum absolute atomic E-state index is 13.3. The molecule has 8 nitrogen and oxygen atoms in total. The van der Waals surface area contributed by atoms with E-state index < -0.39 is 0 Å². The zero-order chi connectivity index (χ0) is 27.5. The molecule has 6 rings (SSSR count). The fraction of sp³-hybridized carbons (Fsp3) is 0.161. The fourth-order valence-electron chi connectivity index (χ4n) is 4.31. The molecule has 0 aliphatic rings. The summed E-state index contributed by atoms with van der Waals surface area (Å²) >= 11 is 1.30. The van der Waals surface area contributed by atoms with Crippen molar-refractivity contribution < 1.29 is 9.47 Å². The van der Waals surface area contributed by atoms with Gasteiger partial charge in [0.25, 0.3) is 5.56 Å². The van der Waals surface area contributed by atoms with Crippen LogP contribution in [0.4, 0.5) is 0 Å². The number of hydrogen-bond acceptors (Lipinski definition) is 7. The highest BCUT2D eigenvalue weighted by atomic mass is 32.1. The molecular formula is C31H27N5O3S. The molecule has 9 heteroatoms. The van der Waals surface area contributed by atoms with E-state index in [1.54, 1.807) is 7.11 Å². The van der Waals surface area contributed by atoms with Gasteiger partial charge in [-0.05, 0) is 73.2 Å². The van der Waals surface area contributed by atoms with Crippen LogP contribution >= 0.6 is 11.3 Å². The highest BCUT2D eigenvalue weighted by Gasteiger charge is 2.15. The van der Waals surface area contributed by atoms with Gasteiger partial charge >= 0.3 is 0 Å². The van der Waals surface area contributed by atoms with E-state index in [-0.39, 0.29) is 5.56 Å². The van der Waals surface area contributed by atoms with Gasteiger partial charge in [0.1, 0.15) is 17.2 Å². The molecule has 3 aromatic heterocycles. The van der Waals surface area contributed by atoms with Gasteiger partial charge in [0, 0.05) is 22.9 Å². The number of para-hydroxylation sites is 1.